The molecule has 0 aliphatic carbocycles. The van der Waals surface area contributed by atoms with Crippen molar-refractivity contribution in [3.05, 3.63) is 54.7 Å². The molecule has 1 saturated heterocycles. The molecule has 2 amide bonds. The number of nitrogens with one attached hydrogen (secondary N) is 2. The summed E-state index contributed by atoms with van der Waals surface area (Å²) >= 11 is 0. The third-order valence-electron chi connectivity index (χ3n) is 4.77. The van der Waals surface area contributed by atoms with Crippen LogP contribution in [0.3, 0.4) is 0 Å². The fourth-order valence-corrected chi connectivity index (χ4v) is 3.18. The number of carbonyl (C=O) groups is 1. The van der Waals surface area contributed by atoms with Crippen LogP contribution < -0.4 is 15.5 Å². The smallest absolute Gasteiger partial charge is 0.319 e. The zero-order chi connectivity index (χ0) is 18.6. The largest absolute Gasteiger partial charge is 0.354 e. The van der Waals surface area contributed by atoms with Crippen molar-refractivity contribution in [1.82, 2.24) is 24.6 Å². The van der Waals surface area contributed by atoms with Gasteiger partial charge in [-0.25, -0.2) is 14.8 Å². The first-order valence-electron chi connectivity index (χ1n) is 9.04. The number of piperazine rings is 1. The highest BCUT2D eigenvalue weighted by atomic mass is 16.2. The van der Waals surface area contributed by atoms with E-state index >= 15 is 0 Å². The lowest BCUT2D eigenvalue weighted by Crippen LogP contribution is -2.44. The first-order chi connectivity index (χ1) is 13.2. The standard InChI is InChI=1S/C19H23N7O/c1-24-8-10-25(11-9-24)18-12-15(5-6-20-18)23-19(27)21-13-16-17-4-2-3-7-26(17)14-22-16/h2-7,12,14H,8-11,13H2,1H3,(H2,20,21,23,27). The summed E-state index contributed by atoms with van der Waals surface area (Å²) in [4.78, 5) is 25.6. The van der Waals surface area contributed by atoms with Gasteiger partial charge < -0.3 is 24.8 Å². The molecule has 0 atom stereocenters. The fourth-order valence-electron chi connectivity index (χ4n) is 3.18. The number of carbonyl (C=O) groups excluding carboxylic acids is 1. The molecule has 1 aliphatic heterocycles. The number of rotatable bonds is 4. The Kier molecular flexibility index (Phi) is 4.88. The Morgan fingerprint density at radius 2 is 2.00 bits per heavy atom. The number of anilines is 2. The summed E-state index contributed by atoms with van der Waals surface area (Å²) in [7, 11) is 2.12. The van der Waals surface area contributed by atoms with Gasteiger partial charge in [-0.15, -0.1) is 0 Å². The van der Waals surface area contributed by atoms with Crippen LogP contribution in [0.15, 0.2) is 49.1 Å². The van der Waals surface area contributed by atoms with Crippen molar-refractivity contribution in [2.45, 2.75) is 6.54 Å². The number of nitrogens with zero attached hydrogens (tertiary/aromatic N) is 5. The van der Waals surface area contributed by atoms with E-state index in [2.05, 4.69) is 37.4 Å². The van der Waals surface area contributed by atoms with Crippen LogP contribution >= 0.6 is 0 Å². The molecule has 27 heavy (non-hydrogen) atoms. The molecular formula is C19H23N7O. The van der Waals surface area contributed by atoms with Crippen molar-refractivity contribution in [3.8, 4) is 0 Å². The second kappa shape index (κ2) is 7.63. The Bertz CT molecular complexity index is 930. The maximum atomic E-state index is 12.3. The van der Waals surface area contributed by atoms with E-state index in [1.165, 1.54) is 0 Å². The number of fused-ring (bicyclic) bond motifs is 1. The van der Waals surface area contributed by atoms with Crippen molar-refractivity contribution in [3.63, 3.8) is 0 Å². The Morgan fingerprint density at radius 3 is 2.85 bits per heavy atom. The van der Waals surface area contributed by atoms with Crippen molar-refractivity contribution < 1.29 is 4.79 Å². The van der Waals surface area contributed by atoms with Crippen molar-refractivity contribution in [2.24, 2.45) is 0 Å². The number of imidazole rings is 1. The number of hydrogen-bond acceptors (Lipinski definition) is 5. The van der Waals surface area contributed by atoms with Gasteiger partial charge in [0.15, 0.2) is 0 Å². The van der Waals surface area contributed by atoms with Gasteiger partial charge in [0.05, 0.1) is 24.1 Å². The lowest BCUT2D eigenvalue weighted by Gasteiger charge is -2.33. The van der Waals surface area contributed by atoms with Gasteiger partial charge in [0.1, 0.15) is 5.82 Å². The SMILES string of the molecule is CN1CCN(c2cc(NC(=O)NCc3ncn4ccccc34)ccn2)CC1. The monoisotopic (exact) mass is 365 g/mol. The van der Waals surface area contributed by atoms with Gasteiger partial charge in [-0.1, -0.05) is 6.07 Å². The average molecular weight is 365 g/mol. The quantitative estimate of drug-likeness (QED) is 0.737. The molecule has 3 aromatic heterocycles. The number of amides is 2. The summed E-state index contributed by atoms with van der Waals surface area (Å²) in [6, 6.07) is 9.33. The predicted molar refractivity (Wildman–Crippen MR) is 105 cm³/mol. The van der Waals surface area contributed by atoms with Crippen LogP contribution in [0.25, 0.3) is 5.52 Å². The van der Waals surface area contributed by atoms with Gasteiger partial charge in [-0.05, 0) is 25.2 Å². The molecule has 4 heterocycles. The van der Waals surface area contributed by atoms with E-state index in [1.807, 2.05) is 34.9 Å². The van der Waals surface area contributed by atoms with Crippen LogP contribution in [-0.2, 0) is 6.54 Å². The Hall–Kier alpha value is -3.13. The second-order valence-electron chi connectivity index (χ2n) is 6.69. The summed E-state index contributed by atoms with van der Waals surface area (Å²) in [5.41, 5.74) is 2.55. The zero-order valence-corrected chi connectivity index (χ0v) is 15.3. The molecule has 2 N–H and O–H groups in total. The van der Waals surface area contributed by atoms with Crippen LogP contribution in [0.5, 0.6) is 0 Å². The molecule has 0 bridgehead atoms. The van der Waals surface area contributed by atoms with E-state index < -0.39 is 0 Å². The number of aromatic nitrogens is 3. The summed E-state index contributed by atoms with van der Waals surface area (Å²) in [6.45, 7) is 4.26. The molecule has 0 unspecified atom stereocenters. The van der Waals surface area contributed by atoms with Crippen LogP contribution in [0.2, 0.25) is 0 Å². The number of hydrogen-bond donors (Lipinski definition) is 2. The van der Waals surface area contributed by atoms with Gasteiger partial charge in [-0.2, -0.15) is 0 Å². The maximum Gasteiger partial charge on any atom is 0.319 e. The van der Waals surface area contributed by atoms with Crippen LogP contribution in [0, 0.1) is 0 Å². The Labute approximate surface area is 157 Å². The molecule has 140 valence electrons. The van der Waals surface area contributed by atoms with Gasteiger partial charge >= 0.3 is 6.03 Å². The minimum absolute atomic E-state index is 0.261. The number of urea groups is 1. The topological polar surface area (TPSA) is 77.8 Å². The minimum atomic E-state index is -0.261. The molecular weight excluding hydrogens is 342 g/mol. The highest BCUT2D eigenvalue weighted by molar-refractivity contribution is 5.89. The second-order valence-corrected chi connectivity index (χ2v) is 6.69. The van der Waals surface area contributed by atoms with Gasteiger partial charge in [0.25, 0.3) is 0 Å². The van der Waals surface area contributed by atoms with E-state index in [9.17, 15) is 4.79 Å². The minimum Gasteiger partial charge on any atom is -0.354 e. The van der Waals surface area contributed by atoms with E-state index in [0.29, 0.717) is 6.54 Å². The third kappa shape index (κ3) is 4.01. The lowest BCUT2D eigenvalue weighted by atomic mass is 10.3. The van der Waals surface area contributed by atoms with E-state index in [0.717, 1.165) is 48.9 Å². The molecule has 8 nitrogen and oxygen atoms in total. The summed E-state index contributed by atoms with van der Waals surface area (Å²) < 4.78 is 1.93. The zero-order valence-electron chi connectivity index (χ0n) is 15.3. The highest BCUT2D eigenvalue weighted by Gasteiger charge is 2.15. The normalized spacial score (nSPS) is 15.1. The molecule has 1 fully saturated rings. The van der Waals surface area contributed by atoms with Crippen LogP contribution in [0.1, 0.15) is 5.69 Å². The van der Waals surface area contributed by atoms with Gasteiger partial charge in [0.2, 0.25) is 0 Å². The summed E-state index contributed by atoms with van der Waals surface area (Å²) in [6.07, 6.45) is 5.41. The molecule has 0 spiro atoms. The van der Waals surface area contributed by atoms with Gasteiger partial charge in [0, 0.05) is 50.3 Å². The Balaban J connectivity index is 1.36. The maximum absolute atomic E-state index is 12.3. The summed E-state index contributed by atoms with van der Waals surface area (Å²) in [5.74, 6) is 0.890. The lowest BCUT2D eigenvalue weighted by molar-refractivity contribution is 0.251. The van der Waals surface area contributed by atoms with Crippen molar-refractivity contribution in [1.29, 1.82) is 0 Å². The Morgan fingerprint density at radius 1 is 1.15 bits per heavy atom. The molecule has 1 aliphatic rings. The molecule has 4 rings (SSSR count). The third-order valence-corrected chi connectivity index (χ3v) is 4.77. The first-order valence-corrected chi connectivity index (χ1v) is 9.04. The van der Waals surface area contributed by atoms with Crippen molar-refractivity contribution in [2.75, 3.05) is 43.4 Å². The average Bonchev–Trinajstić information content (AvgIpc) is 3.10. The number of pyridine rings is 2. The molecule has 3 aromatic rings. The van der Waals surface area contributed by atoms with Gasteiger partial charge in [-0.3, -0.25) is 0 Å². The molecule has 0 saturated carbocycles. The van der Waals surface area contributed by atoms with E-state index in [4.69, 9.17) is 0 Å². The van der Waals surface area contributed by atoms with E-state index in [1.54, 1.807) is 18.6 Å². The highest BCUT2D eigenvalue weighted by Crippen LogP contribution is 2.18. The molecule has 0 radical (unpaired) electrons. The number of likely N-dealkylation sites (N-methyl/N-ethyl adjacent to an activating group) is 1. The molecule has 8 heteroatoms. The van der Waals surface area contributed by atoms with Crippen LogP contribution in [0.4, 0.5) is 16.3 Å². The summed E-state index contributed by atoms with van der Waals surface area (Å²) in [5, 5.41) is 5.74. The van der Waals surface area contributed by atoms with Crippen molar-refractivity contribution >= 4 is 23.1 Å². The molecule has 0 aromatic carbocycles. The predicted octanol–water partition coefficient (Wildman–Crippen LogP) is 1.80. The fraction of sp³-hybridized carbons (Fsp3) is 0.316. The van der Waals surface area contributed by atoms with E-state index in [-0.39, 0.29) is 6.03 Å². The first kappa shape index (κ1) is 17.3. The van der Waals surface area contributed by atoms with Crippen LogP contribution in [-0.4, -0.2) is 58.5 Å².